The minimum absolute atomic E-state index is 0.00710. The fraction of sp³-hybridized carbons (Fsp3) is 0.409. The molecule has 32 heavy (non-hydrogen) atoms. The Morgan fingerprint density at radius 1 is 1.12 bits per heavy atom. The maximum Gasteiger partial charge on any atom is 0.256 e. The van der Waals surface area contributed by atoms with Crippen LogP contribution < -0.4 is 5.32 Å². The maximum absolute atomic E-state index is 13.1. The van der Waals surface area contributed by atoms with Crippen LogP contribution in [0.1, 0.15) is 40.8 Å². The highest BCUT2D eigenvalue weighted by atomic mass is 32.1. The molecule has 2 unspecified atom stereocenters. The highest BCUT2D eigenvalue weighted by Gasteiger charge is 2.43. The van der Waals surface area contributed by atoms with Gasteiger partial charge < -0.3 is 15.1 Å². The fourth-order valence-electron chi connectivity index (χ4n) is 4.55. The summed E-state index contributed by atoms with van der Waals surface area (Å²) >= 11 is 3.15. The van der Waals surface area contributed by atoms with Gasteiger partial charge in [-0.15, -0.1) is 22.7 Å². The topological polar surface area (TPSA) is 91.3 Å². The summed E-state index contributed by atoms with van der Waals surface area (Å²) < 4.78 is 0. The van der Waals surface area contributed by atoms with Gasteiger partial charge in [0.15, 0.2) is 5.13 Å². The Morgan fingerprint density at radius 3 is 2.47 bits per heavy atom. The molecule has 2 fully saturated rings. The van der Waals surface area contributed by atoms with E-state index >= 15 is 0 Å². The smallest absolute Gasteiger partial charge is 0.256 e. The van der Waals surface area contributed by atoms with E-state index in [0.717, 1.165) is 39.2 Å². The molecule has 0 saturated carbocycles. The molecule has 2 aliphatic heterocycles. The largest absolute Gasteiger partial charge is 0.339 e. The Hall–Kier alpha value is -2.85. The van der Waals surface area contributed by atoms with Gasteiger partial charge in [-0.1, -0.05) is 0 Å². The van der Waals surface area contributed by atoms with Crippen molar-refractivity contribution in [1.82, 2.24) is 24.8 Å². The van der Waals surface area contributed by atoms with Crippen LogP contribution in [0.25, 0.3) is 10.6 Å². The molecule has 0 aromatic carbocycles. The Kier molecular flexibility index (Phi) is 5.42. The van der Waals surface area contributed by atoms with Gasteiger partial charge in [0.05, 0.1) is 38.9 Å². The predicted molar refractivity (Wildman–Crippen MR) is 125 cm³/mol. The summed E-state index contributed by atoms with van der Waals surface area (Å²) in [5.41, 5.74) is 2.47. The van der Waals surface area contributed by atoms with Crippen molar-refractivity contribution < 1.29 is 9.59 Å². The number of anilines is 2. The zero-order valence-electron chi connectivity index (χ0n) is 18.2. The molecule has 10 heteroatoms. The fourth-order valence-corrected chi connectivity index (χ4v) is 6.21. The molecule has 2 bridgehead atoms. The van der Waals surface area contributed by atoms with Crippen LogP contribution >= 0.6 is 22.7 Å². The lowest BCUT2D eigenvalue weighted by Crippen LogP contribution is -2.56. The molecular formula is C22H24N6O2S2. The van der Waals surface area contributed by atoms with Crippen LogP contribution in [0.15, 0.2) is 23.7 Å². The van der Waals surface area contributed by atoms with Gasteiger partial charge >= 0.3 is 0 Å². The summed E-state index contributed by atoms with van der Waals surface area (Å²) in [6.45, 7) is 6.83. The summed E-state index contributed by atoms with van der Waals surface area (Å²) in [5.74, 6) is 0.716. The molecule has 2 saturated heterocycles. The molecule has 5 heterocycles. The van der Waals surface area contributed by atoms with Gasteiger partial charge in [-0.05, 0) is 38.8 Å². The standard InChI is InChI=1S/C22H24N6O2S2/c1-12-20(32-13(2)24-12)18-11-31-22(25-18)26-19-7-4-15(8-23-19)21(30)28-16-5-6-17(28)10-27(9-16)14(3)29/h4,7-8,11,16-17H,5-6,9-10H2,1-3H3,(H,23,25,26). The summed E-state index contributed by atoms with van der Waals surface area (Å²) in [4.78, 5) is 43.4. The van der Waals surface area contributed by atoms with E-state index in [1.807, 2.05) is 35.1 Å². The van der Waals surface area contributed by atoms with Crippen molar-refractivity contribution in [3.8, 4) is 10.6 Å². The first-order chi connectivity index (χ1) is 15.4. The Morgan fingerprint density at radius 2 is 1.88 bits per heavy atom. The lowest BCUT2D eigenvalue weighted by atomic mass is 10.1. The van der Waals surface area contributed by atoms with Gasteiger partial charge in [0, 0.05) is 31.6 Å². The third-order valence-electron chi connectivity index (χ3n) is 6.05. The van der Waals surface area contributed by atoms with Crippen molar-refractivity contribution in [2.24, 2.45) is 0 Å². The highest BCUT2D eigenvalue weighted by Crippen LogP contribution is 2.34. The number of carbonyl (C=O) groups excluding carboxylic acids is 2. The number of hydrogen-bond donors (Lipinski definition) is 1. The van der Waals surface area contributed by atoms with E-state index in [4.69, 9.17) is 0 Å². The average Bonchev–Trinajstić information content (AvgIpc) is 3.43. The molecule has 1 N–H and O–H groups in total. The molecular weight excluding hydrogens is 444 g/mol. The number of nitrogens with one attached hydrogen (secondary N) is 1. The number of carbonyl (C=O) groups is 2. The number of rotatable bonds is 4. The van der Waals surface area contributed by atoms with Crippen LogP contribution in [0.2, 0.25) is 0 Å². The third kappa shape index (κ3) is 3.88. The minimum atomic E-state index is -0.00710. The third-order valence-corrected chi connectivity index (χ3v) is 7.90. The summed E-state index contributed by atoms with van der Waals surface area (Å²) in [6.07, 6.45) is 3.50. The number of amides is 2. The molecule has 2 aliphatic rings. The zero-order valence-corrected chi connectivity index (χ0v) is 19.8. The van der Waals surface area contributed by atoms with Crippen LogP contribution in [0.3, 0.4) is 0 Å². The lowest BCUT2D eigenvalue weighted by molar-refractivity contribution is -0.131. The van der Waals surface area contributed by atoms with Crippen LogP contribution in [-0.2, 0) is 4.79 Å². The molecule has 0 aliphatic carbocycles. The first kappa shape index (κ1) is 21.0. The summed E-state index contributed by atoms with van der Waals surface area (Å²) in [5, 5.41) is 7.01. The maximum atomic E-state index is 13.1. The van der Waals surface area contributed by atoms with E-state index in [9.17, 15) is 9.59 Å². The number of likely N-dealkylation sites (tertiary alicyclic amines) is 1. The number of nitrogens with zero attached hydrogens (tertiary/aromatic N) is 5. The molecule has 3 aromatic rings. The van der Waals surface area contributed by atoms with Gasteiger partial charge in [-0.25, -0.2) is 15.0 Å². The van der Waals surface area contributed by atoms with Gasteiger partial charge in [0.25, 0.3) is 5.91 Å². The van der Waals surface area contributed by atoms with Crippen molar-refractivity contribution in [2.75, 3.05) is 18.4 Å². The molecule has 0 spiro atoms. The van der Waals surface area contributed by atoms with Crippen molar-refractivity contribution >= 4 is 45.4 Å². The van der Waals surface area contributed by atoms with E-state index in [0.29, 0.717) is 24.5 Å². The van der Waals surface area contributed by atoms with Gasteiger partial charge in [0.2, 0.25) is 5.91 Å². The monoisotopic (exact) mass is 468 g/mol. The van der Waals surface area contributed by atoms with E-state index < -0.39 is 0 Å². The van der Waals surface area contributed by atoms with Crippen molar-refractivity contribution in [3.63, 3.8) is 0 Å². The number of hydrogen-bond acceptors (Lipinski definition) is 8. The van der Waals surface area contributed by atoms with Crippen molar-refractivity contribution in [1.29, 1.82) is 0 Å². The van der Waals surface area contributed by atoms with Crippen LogP contribution in [0.5, 0.6) is 0 Å². The Balaban J connectivity index is 1.27. The number of thiazole rings is 2. The highest BCUT2D eigenvalue weighted by molar-refractivity contribution is 7.16. The second kappa shape index (κ2) is 8.25. The first-order valence-electron chi connectivity index (χ1n) is 10.6. The quantitative estimate of drug-likeness (QED) is 0.625. The number of pyridine rings is 1. The van der Waals surface area contributed by atoms with Gasteiger partial charge in [-0.3, -0.25) is 9.59 Å². The predicted octanol–water partition coefficient (Wildman–Crippen LogP) is 3.86. The summed E-state index contributed by atoms with van der Waals surface area (Å²) in [7, 11) is 0. The number of aromatic nitrogens is 3. The second-order valence-corrected chi connectivity index (χ2v) is 10.3. The Bertz CT molecular complexity index is 1160. The lowest BCUT2D eigenvalue weighted by Gasteiger charge is -2.40. The average molecular weight is 469 g/mol. The number of fused-ring (bicyclic) bond motifs is 2. The Labute approximate surface area is 194 Å². The molecule has 8 nitrogen and oxygen atoms in total. The molecule has 3 aromatic heterocycles. The molecule has 2 atom stereocenters. The number of aryl methyl sites for hydroxylation is 2. The van der Waals surface area contributed by atoms with E-state index in [1.54, 1.807) is 30.5 Å². The van der Waals surface area contributed by atoms with E-state index in [2.05, 4.69) is 20.3 Å². The van der Waals surface area contributed by atoms with Gasteiger partial charge in [-0.2, -0.15) is 0 Å². The molecule has 2 amide bonds. The first-order valence-corrected chi connectivity index (χ1v) is 12.3. The van der Waals surface area contributed by atoms with Crippen molar-refractivity contribution in [3.05, 3.63) is 40.0 Å². The van der Waals surface area contributed by atoms with Crippen LogP contribution in [0, 0.1) is 13.8 Å². The van der Waals surface area contributed by atoms with E-state index in [-0.39, 0.29) is 23.9 Å². The normalized spacial score (nSPS) is 20.0. The summed E-state index contributed by atoms with van der Waals surface area (Å²) in [6, 6.07) is 3.80. The van der Waals surface area contributed by atoms with Crippen LogP contribution in [-0.4, -0.2) is 61.7 Å². The van der Waals surface area contributed by atoms with E-state index in [1.165, 1.54) is 11.3 Å². The molecule has 0 radical (unpaired) electrons. The van der Waals surface area contributed by atoms with Crippen LogP contribution in [0.4, 0.5) is 10.9 Å². The number of piperazine rings is 1. The van der Waals surface area contributed by atoms with Crippen molar-refractivity contribution in [2.45, 2.75) is 45.7 Å². The molecule has 5 rings (SSSR count). The SMILES string of the molecule is CC(=O)N1CC2CCC(C1)N2C(=O)c1ccc(Nc2nc(-c3sc(C)nc3C)cs2)nc1. The van der Waals surface area contributed by atoms with Gasteiger partial charge in [0.1, 0.15) is 5.82 Å². The minimum Gasteiger partial charge on any atom is -0.339 e. The zero-order chi connectivity index (χ0) is 22.4. The molecule has 166 valence electrons. The second-order valence-electron chi connectivity index (χ2n) is 8.26.